The number of amides is 2. The molecule has 2 amide bonds. The van der Waals surface area contributed by atoms with E-state index in [2.05, 4.69) is 19.2 Å². The minimum Gasteiger partial charge on any atom is -0.352 e. The molecule has 0 aromatic carbocycles. The molecule has 1 saturated heterocycles. The zero-order valence-electron chi connectivity index (χ0n) is 13.3. The Bertz CT molecular complexity index is 378. The molecule has 5 nitrogen and oxygen atoms in total. The lowest BCUT2D eigenvalue weighted by Gasteiger charge is -2.24. The molecule has 1 aliphatic heterocycles. The van der Waals surface area contributed by atoms with Crippen molar-refractivity contribution in [2.45, 2.75) is 64.5 Å². The van der Waals surface area contributed by atoms with Gasteiger partial charge >= 0.3 is 0 Å². The zero-order chi connectivity index (χ0) is 15.4. The largest absolute Gasteiger partial charge is 0.352 e. The lowest BCUT2D eigenvalue weighted by atomic mass is 10.0. The molecule has 21 heavy (non-hydrogen) atoms. The first kappa shape index (κ1) is 16.3. The lowest BCUT2D eigenvalue weighted by Crippen LogP contribution is -2.44. The van der Waals surface area contributed by atoms with Gasteiger partial charge in [0, 0.05) is 31.6 Å². The van der Waals surface area contributed by atoms with E-state index in [-0.39, 0.29) is 23.8 Å². The second-order valence-corrected chi connectivity index (χ2v) is 6.96. The van der Waals surface area contributed by atoms with Gasteiger partial charge in [-0.25, -0.2) is 0 Å². The van der Waals surface area contributed by atoms with Gasteiger partial charge in [0.15, 0.2) is 0 Å². The van der Waals surface area contributed by atoms with Crippen LogP contribution in [-0.2, 0) is 9.59 Å². The Balaban J connectivity index is 1.87. The Morgan fingerprint density at radius 2 is 2.05 bits per heavy atom. The van der Waals surface area contributed by atoms with E-state index in [0.29, 0.717) is 31.5 Å². The Hall–Kier alpha value is -1.10. The van der Waals surface area contributed by atoms with Gasteiger partial charge in [-0.1, -0.05) is 26.7 Å². The SMILES string of the molecule is CC(C)CC(CN)NC(=O)C1CC(=O)N(C2CCCC2)C1. The van der Waals surface area contributed by atoms with Gasteiger partial charge in [0.2, 0.25) is 11.8 Å². The average Bonchev–Trinajstić information content (AvgIpc) is 3.06. The fourth-order valence-corrected chi connectivity index (χ4v) is 3.58. The van der Waals surface area contributed by atoms with Crippen LogP contribution >= 0.6 is 0 Å². The highest BCUT2D eigenvalue weighted by Crippen LogP contribution is 2.29. The minimum absolute atomic E-state index is 0.0000491. The first-order valence-corrected chi connectivity index (χ1v) is 8.31. The van der Waals surface area contributed by atoms with Crippen molar-refractivity contribution >= 4 is 11.8 Å². The van der Waals surface area contributed by atoms with Crippen LogP contribution in [-0.4, -0.2) is 41.9 Å². The number of nitrogens with zero attached hydrogens (tertiary/aromatic N) is 1. The van der Waals surface area contributed by atoms with Crippen molar-refractivity contribution in [1.29, 1.82) is 0 Å². The summed E-state index contributed by atoms with van der Waals surface area (Å²) in [6.45, 7) is 5.29. The van der Waals surface area contributed by atoms with Crippen LogP contribution in [0.1, 0.15) is 52.4 Å². The third-order valence-corrected chi connectivity index (χ3v) is 4.68. The standard InChI is InChI=1S/C16H29N3O2/c1-11(2)7-13(9-17)18-16(21)12-8-15(20)19(10-12)14-5-3-4-6-14/h11-14H,3-10,17H2,1-2H3,(H,18,21). The van der Waals surface area contributed by atoms with Crippen LogP contribution in [0.15, 0.2) is 0 Å². The molecule has 2 fully saturated rings. The quantitative estimate of drug-likeness (QED) is 0.775. The van der Waals surface area contributed by atoms with Crippen LogP contribution in [0, 0.1) is 11.8 Å². The van der Waals surface area contributed by atoms with Gasteiger partial charge in [-0.05, 0) is 25.2 Å². The fraction of sp³-hybridized carbons (Fsp3) is 0.875. The molecular weight excluding hydrogens is 266 g/mol. The summed E-state index contributed by atoms with van der Waals surface area (Å²) in [7, 11) is 0. The predicted octanol–water partition coefficient (Wildman–Crippen LogP) is 1.27. The van der Waals surface area contributed by atoms with E-state index in [1.165, 1.54) is 12.8 Å². The Kier molecular flexibility index (Phi) is 5.62. The van der Waals surface area contributed by atoms with Crippen molar-refractivity contribution in [3.8, 4) is 0 Å². The second-order valence-electron chi connectivity index (χ2n) is 6.96. The summed E-state index contributed by atoms with van der Waals surface area (Å²) in [6, 6.07) is 0.393. The van der Waals surface area contributed by atoms with Gasteiger partial charge in [-0.3, -0.25) is 9.59 Å². The summed E-state index contributed by atoms with van der Waals surface area (Å²) in [4.78, 5) is 26.4. The molecule has 0 spiro atoms. The molecule has 0 radical (unpaired) electrons. The molecule has 1 aliphatic carbocycles. The van der Waals surface area contributed by atoms with Crippen molar-refractivity contribution in [2.75, 3.05) is 13.1 Å². The van der Waals surface area contributed by atoms with Crippen LogP contribution in [0.3, 0.4) is 0 Å². The number of rotatable bonds is 6. The first-order chi connectivity index (χ1) is 10.0. The molecule has 2 atom stereocenters. The molecule has 1 heterocycles. The fourth-order valence-electron chi connectivity index (χ4n) is 3.58. The maximum absolute atomic E-state index is 12.4. The zero-order valence-corrected chi connectivity index (χ0v) is 13.3. The molecule has 2 aliphatic rings. The van der Waals surface area contributed by atoms with Crippen molar-refractivity contribution in [3.05, 3.63) is 0 Å². The first-order valence-electron chi connectivity index (χ1n) is 8.31. The number of hydrogen-bond donors (Lipinski definition) is 2. The van der Waals surface area contributed by atoms with E-state index in [1.807, 2.05) is 4.90 Å². The Labute approximate surface area is 127 Å². The monoisotopic (exact) mass is 295 g/mol. The minimum atomic E-state index is -0.195. The third-order valence-electron chi connectivity index (χ3n) is 4.68. The van der Waals surface area contributed by atoms with Gasteiger partial charge in [-0.2, -0.15) is 0 Å². The maximum Gasteiger partial charge on any atom is 0.225 e. The van der Waals surface area contributed by atoms with Crippen molar-refractivity contribution in [3.63, 3.8) is 0 Å². The molecule has 2 rings (SSSR count). The van der Waals surface area contributed by atoms with Crippen LogP contribution in [0.25, 0.3) is 0 Å². The maximum atomic E-state index is 12.4. The van der Waals surface area contributed by atoms with Crippen molar-refractivity contribution in [1.82, 2.24) is 10.2 Å². The highest BCUT2D eigenvalue weighted by atomic mass is 16.2. The number of carbonyl (C=O) groups is 2. The summed E-state index contributed by atoms with van der Waals surface area (Å²) in [5, 5.41) is 3.03. The molecule has 120 valence electrons. The molecule has 3 N–H and O–H groups in total. The number of nitrogens with one attached hydrogen (secondary N) is 1. The summed E-state index contributed by atoms with van der Waals surface area (Å²) in [5.74, 6) is 0.452. The van der Waals surface area contributed by atoms with Crippen LogP contribution in [0.4, 0.5) is 0 Å². The van der Waals surface area contributed by atoms with E-state index in [1.54, 1.807) is 0 Å². The molecule has 1 saturated carbocycles. The molecular formula is C16H29N3O2. The van der Waals surface area contributed by atoms with Gasteiger partial charge < -0.3 is 16.0 Å². The number of hydrogen-bond acceptors (Lipinski definition) is 3. The van der Waals surface area contributed by atoms with E-state index in [0.717, 1.165) is 19.3 Å². The summed E-state index contributed by atoms with van der Waals surface area (Å²) < 4.78 is 0. The van der Waals surface area contributed by atoms with Gasteiger partial charge in [-0.15, -0.1) is 0 Å². The van der Waals surface area contributed by atoms with Crippen LogP contribution in [0.5, 0.6) is 0 Å². The summed E-state index contributed by atoms with van der Waals surface area (Å²) in [6.07, 6.45) is 5.85. The number of nitrogens with two attached hydrogens (primary N) is 1. The molecule has 0 aromatic heterocycles. The Morgan fingerprint density at radius 3 is 2.62 bits per heavy atom. The normalized spacial score (nSPS) is 24.9. The molecule has 2 unspecified atom stereocenters. The van der Waals surface area contributed by atoms with E-state index < -0.39 is 0 Å². The molecule has 5 heteroatoms. The topological polar surface area (TPSA) is 75.4 Å². The van der Waals surface area contributed by atoms with E-state index in [9.17, 15) is 9.59 Å². The van der Waals surface area contributed by atoms with Crippen molar-refractivity contribution < 1.29 is 9.59 Å². The van der Waals surface area contributed by atoms with E-state index in [4.69, 9.17) is 5.73 Å². The number of likely N-dealkylation sites (tertiary alicyclic amines) is 1. The van der Waals surface area contributed by atoms with Crippen LogP contribution in [0.2, 0.25) is 0 Å². The third kappa shape index (κ3) is 4.19. The summed E-state index contributed by atoms with van der Waals surface area (Å²) >= 11 is 0. The molecule has 0 aromatic rings. The van der Waals surface area contributed by atoms with Gasteiger partial charge in [0.25, 0.3) is 0 Å². The lowest BCUT2D eigenvalue weighted by molar-refractivity contribution is -0.130. The highest BCUT2D eigenvalue weighted by molar-refractivity contribution is 5.89. The van der Waals surface area contributed by atoms with Crippen molar-refractivity contribution in [2.24, 2.45) is 17.6 Å². The number of carbonyl (C=O) groups excluding carboxylic acids is 2. The second kappa shape index (κ2) is 7.25. The smallest absolute Gasteiger partial charge is 0.225 e. The molecule has 0 bridgehead atoms. The van der Waals surface area contributed by atoms with Gasteiger partial charge in [0.1, 0.15) is 0 Å². The average molecular weight is 295 g/mol. The highest BCUT2D eigenvalue weighted by Gasteiger charge is 2.38. The predicted molar refractivity (Wildman–Crippen MR) is 82.5 cm³/mol. The van der Waals surface area contributed by atoms with Gasteiger partial charge in [0.05, 0.1) is 5.92 Å². The summed E-state index contributed by atoms with van der Waals surface area (Å²) in [5.41, 5.74) is 5.73. The Morgan fingerprint density at radius 1 is 1.38 bits per heavy atom. The van der Waals surface area contributed by atoms with Crippen LogP contribution < -0.4 is 11.1 Å². The van der Waals surface area contributed by atoms with E-state index >= 15 is 0 Å².